The van der Waals surface area contributed by atoms with Gasteiger partial charge in [0.2, 0.25) is 0 Å². The largest absolute Gasteiger partial charge is 2.00 e. The van der Waals surface area contributed by atoms with Gasteiger partial charge in [-0.3, -0.25) is 0 Å². The molecule has 0 saturated heterocycles. The molecule has 0 aliphatic carbocycles. The number of nitrogens with zero attached hydrogens (tertiary/aromatic N) is 12. The van der Waals surface area contributed by atoms with E-state index in [9.17, 15) is 0 Å². The van der Waals surface area contributed by atoms with Crippen molar-refractivity contribution in [3.63, 3.8) is 0 Å². The van der Waals surface area contributed by atoms with Gasteiger partial charge in [0.15, 0.2) is 46.6 Å². The van der Waals surface area contributed by atoms with Crippen molar-refractivity contribution in [1.82, 2.24) is 79.7 Å². The van der Waals surface area contributed by atoms with Crippen molar-refractivity contribution < 1.29 is 34.1 Å². The van der Waals surface area contributed by atoms with Gasteiger partial charge in [-0.25, -0.2) is 59.8 Å². The third kappa shape index (κ3) is 6.42. The summed E-state index contributed by atoms with van der Waals surface area (Å²) in [6, 6.07) is 52.3. The molecule has 7 aromatic carbocycles. The number of aromatic nitrogens is 16. The van der Waals surface area contributed by atoms with Crippen LogP contribution in [-0.4, -0.2) is 79.7 Å². The first-order valence-electron chi connectivity index (χ1n) is 24.0. The second-order valence-electron chi connectivity index (χ2n) is 18.4. The van der Waals surface area contributed by atoms with Crippen molar-refractivity contribution in [3.8, 4) is 91.1 Å². The van der Waals surface area contributed by atoms with Crippen LogP contribution >= 0.6 is 0 Å². The second kappa shape index (κ2) is 16.4. The van der Waals surface area contributed by atoms with E-state index in [-0.39, 0.29) is 34.1 Å². The van der Waals surface area contributed by atoms with E-state index >= 15 is 0 Å². The molecule has 2 radical (unpaired) electrons. The molecule has 0 fully saturated rings. The summed E-state index contributed by atoms with van der Waals surface area (Å²) in [7, 11) is 0. The van der Waals surface area contributed by atoms with Crippen molar-refractivity contribution in [1.29, 1.82) is 0 Å². The molecular formula is C58H30Mn2N16+4. The van der Waals surface area contributed by atoms with Gasteiger partial charge in [-0.15, -0.1) is 0 Å². The summed E-state index contributed by atoms with van der Waals surface area (Å²) in [6.07, 6.45) is 0. The van der Waals surface area contributed by atoms with Gasteiger partial charge >= 0.3 is 34.1 Å². The summed E-state index contributed by atoms with van der Waals surface area (Å²) in [6.45, 7) is 0. The molecule has 0 atom stereocenters. The molecule has 4 aliphatic heterocycles. The predicted molar refractivity (Wildman–Crippen MR) is 286 cm³/mol. The van der Waals surface area contributed by atoms with Crippen LogP contribution in [0.5, 0.6) is 0 Å². The van der Waals surface area contributed by atoms with Crippen molar-refractivity contribution >= 4 is 88.3 Å². The Hall–Kier alpha value is -9.70. The standard InChI is InChI=1S/C58H30N16.2Mn/c1-2-14-28-27(13-1)43-59-44(28)62-48-32-18-6-10-22-36(32)52(66-48)70-56-40-26-42-41(25-39(40)55(73-56)69-51-35-21-9-5-17-31(35)47(61-43)65-51)57-71-53-37-23-11-7-19-33(37)49(67-53)63-45-29-15-3-4-16-30(29)46(60-45)64-50-34-20-8-12-24-38(34)54(68-50)72-58(42)74-57;;/h1-26H,(H2,59,61,62,65,66,69,70,73)(H2,60,63,64,67,68,71,72,74);;/q;2*+2. The fourth-order valence-corrected chi connectivity index (χ4v) is 10.8. The van der Waals surface area contributed by atoms with Gasteiger partial charge in [0.05, 0.1) is 0 Å². The number of hydrogen-bond donors (Lipinski definition) is 4. The van der Waals surface area contributed by atoms with Crippen LogP contribution in [0.25, 0.3) is 179 Å². The minimum absolute atomic E-state index is 0. The van der Waals surface area contributed by atoms with Gasteiger partial charge in [0, 0.05) is 87.6 Å². The molecule has 352 valence electrons. The molecule has 76 heavy (non-hydrogen) atoms. The van der Waals surface area contributed by atoms with Crippen molar-refractivity contribution in [2.24, 2.45) is 0 Å². The van der Waals surface area contributed by atoms with E-state index in [1.54, 1.807) is 0 Å². The summed E-state index contributed by atoms with van der Waals surface area (Å²) < 4.78 is 0. The van der Waals surface area contributed by atoms with Crippen molar-refractivity contribution in [3.05, 3.63) is 158 Å². The Morgan fingerprint density at radius 3 is 0.526 bits per heavy atom. The zero-order chi connectivity index (χ0) is 48.2. The summed E-state index contributed by atoms with van der Waals surface area (Å²) in [4.78, 5) is 76.8. The van der Waals surface area contributed by atoms with E-state index in [4.69, 9.17) is 59.8 Å². The third-order valence-electron chi connectivity index (χ3n) is 14.2. The molecule has 0 amide bonds. The molecule has 16 nitrogen and oxygen atoms in total. The first kappa shape index (κ1) is 43.8. The number of fused-ring (bicyclic) bond motifs is 40. The zero-order valence-electron chi connectivity index (χ0n) is 39.1. The molecule has 0 spiro atoms. The normalized spacial score (nSPS) is 12.0. The van der Waals surface area contributed by atoms with Gasteiger partial charge < -0.3 is 19.9 Å². The van der Waals surface area contributed by atoms with E-state index in [0.29, 0.717) is 91.8 Å². The van der Waals surface area contributed by atoms with Crippen LogP contribution in [0.4, 0.5) is 0 Å². The summed E-state index contributed by atoms with van der Waals surface area (Å²) in [5.41, 5.74) is 11.4. The first-order valence-corrected chi connectivity index (χ1v) is 24.0. The fourth-order valence-electron chi connectivity index (χ4n) is 10.8. The number of hydrogen-bond acceptors (Lipinski definition) is 12. The predicted octanol–water partition coefficient (Wildman–Crippen LogP) is 12.0. The van der Waals surface area contributed by atoms with Gasteiger partial charge in [-0.2, -0.15) is 0 Å². The number of H-pyrrole nitrogens is 4. The minimum atomic E-state index is 0. The third-order valence-corrected chi connectivity index (χ3v) is 14.2. The van der Waals surface area contributed by atoms with E-state index in [1.165, 1.54) is 0 Å². The van der Waals surface area contributed by atoms with Crippen LogP contribution in [-0.2, 0) is 34.1 Å². The molecule has 16 bridgehead atoms. The topological polar surface area (TPSA) is 218 Å². The van der Waals surface area contributed by atoms with Crippen LogP contribution < -0.4 is 0 Å². The maximum absolute atomic E-state index is 5.34. The Morgan fingerprint density at radius 2 is 0.342 bits per heavy atom. The van der Waals surface area contributed by atoms with Gasteiger partial charge in [0.1, 0.15) is 45.2 Å². The molecule has 0 saturated carbocycles. The molecule has 13 aromatic rings. The first-order chi connectivity index (χ1) is 36.6. The molecule has 17 rings (SSSR count). The quantitative estimate of drug-likeness (QED) is 0.104. The molecule has 4 N–H and O–H groups in total. The average molecular weight is 1060 g/mol. The van der Waals surface area contributed by atoms with E-state index in [2.05, 4.69) is 32.1 Å². The zero-order valence-corrected chi connectivity index (χ0v) is 41.5. The molecule has 6 aromatic heterocycles. The summed E-state index contributed by atoms with van der Waals surface area (Å²) in [5.74, 6) is 4.07. The van der Waals surface area contributed by atoms with E-state index in [1.807, 2.05) is 146 Å². The van der Waals surface area contributed by atoms with Gasteiger partial charge in [-0.05, 0) is 12.1 Å². The minimum Gasteiger partial charge on any atom is -0.324 e. The van der Waals surface area contributed by atoms with Crippen molar-refractivity contribution in [2.45, 2.75) is 0 Å². The van der Waals surface area contributed by atoms with Gasteiger partial charge in [0.25, 0.3) is 0 Å². The Balaban J connectivity index is 0.00000253. The maximum atomic E-state index is 5.34. The van der Waals surface area contributed by atoms with E-state index < -0.39 is 0 Å². The molecular weight excluding hydrogens is 1030 g/mol. The number of aromatic amines is 4. The van der Waals surface area contributed by atoms with Crippen LogP contribution in [0.2, 0.25) is 0 Å². The SMILES string of the molecule is [Mn+2].[Mn+2].c1ccc2c(c1)-c1nc-2nc2[nH]c(nc3nc(nc4[nH]c(n1)c1ccccc41)-c1ccccc1-3)c1cc3c4nc5nc(nc6[nH]c(nc7nc(nc([nH]4)c3cc21)-c1ccccc1-7)c1ccccc61)-c1ccccc1-5. The maximum Gasteiger partial charge on any atom is 2.00 e. The number of nitrogens with one attached hydrogen (secondary N) is 4. The second-order valence-corrected chi connectivity index (χ2v) is 18.4. The Kier molecular flexibility index (Phi) is 9.46. The molecule has 0 unspecified atom stereocenters. The molecule has 10 heterocycles. The molecule has 4 aliphatic rings. The van der Waals surface area contributed by atoms with Crippen LogP contribution in [0.1, 0.15) is 0 Å². The Bertz CT molecular complexity index is 4460. The van der Waals surface area contributed by atoms with Crippen LogP contribution in [0.3, 0.4) is 0 Å². The Morgan fingerprint density at radius 1 is 0.184 bits per heavy atom. The fraction of sp³-hybridized carbons (Fsp3) is 0. The summed E-state index contributed by atoms with van der Waals surface area (Å²) >= 11 is 0. The monoisotopic (exact) mass is 1060 g/mol. The van der Waals surface area contributed by atoms with E-state index in [0.717, 1.165) is 87.6 Å². The smallest absolute Gasteiger partial charge is 0.324 e. The number of rotatable bonds is 0. The summed E-state index contributed by atoms with van der Waals surface area (Å²) in [5, 5.41) is 6.69. The molecule has 18 heteroatoms. The van der Waals surface area contributed by atoms with Crippen LogP contribution in [0.15, 0.2) is 158 Å². The number of benzene rings is 7. The van der Waals surface area contributed by atoms with Crippen LogP contribution in [0, 0.1) is 0 Å². The Labute approximate surface area is 448 Å². The van der Waals surface area contributed by atoms with Crippen molar-refractivity contribution in [2.75, 3.05) is 0 Å². The average Bonchev–Trinajstić information content (AvgIpc) is 4.37. The van der Waals surface area contributed by atoms with Gasteiger partial charge in [-0.1, -0.05) is 146 Å².